The number of rotatable bonds is 6. The Balaban J connectivity index is 1.01. The minimum absolute atomic E-state index is 0.615. The normalized spacial score (nSPS) is 12.0. The Morgan fingerprint density at radius 2 is 0.850 bits per heavy atom. The standard InChI is InChI=1S/C55H35N5/c1-3-13-36(14-4-1)37-25-27-39(28-26-37)53-56-54(58-55(57-53)41-31-34-46-44-19-7-9-22-48(44)60(51(46)35-41)42-17-5-2-6-18-42)40-29-32-43(33-30-40)59-49-23-10-8-20-45(49)47-21-11-15-38-16-12-24-50(59)52(38)47/h1-35H. The molecule has 0 unspecified atom stereocenters. The van der Waals surface area contributed by atoms with Crippen molar-refractivity contribution in [2.75, 3.05) is 4.90 Å². The molecule has 0 N–H and O–H groups in total. The minimum atomic E-state index is 0.615. The first-order valence-electron chi connectivity index (χ1n) is 20.3. The van der Waals surface area contributed by atoms with Crippen molar-refractivity contribution in [3.63, 3.8) is 0 Å². The summed E-state index contributed by atoms with van der Waals surface area (Å²) in [5.41, 5.74) is 14.3. The lowest BCUT2D eigenvalue weighted by atomic mass is 9.91. The maximum Gasteiger partial charge on any atom is 0.164 e. The predicted octanol–water partition coefficient (Wildman–Crippen LogP) is 14.2. The molecule has 0 aliphatic carbocycles. The molecule has 9 aromatic carbocycles. The smallest absolute Gasteiger partial charge is 0.164 e. The summed E-state index contributed by atoms with van der Waals surface area (Å²) in [7, 11) is 0. The van der Waals surface area contributed by atoms with Crippen molar-refractivity contribution < 1.29 is 0 Å². The van der Waals surface area contributed by atoms with Gasteiger partial charge in [-0.1, -0.05) is 152 Å². The van der Waals surface area contributed by atoms with E-state index in [1.165, 1.54) is 43.9 Å². The fourth-order valence-electron chi connectivity index (χ4n) is 8.97. The highest BCUT2D eigenvalue weighted by molar-refractivity contribution is 6.14. The van der Waals surface area contributed by atoms with Crippen LogP contribution in [0, 0.1) is 0 Å². The van der Waals surface area contributed by atoms with Gasteiger partial charge in [0.15, 0.2) is 17.5 Å². The maximum absolute atomic E-state index is 5.22. The Morgan fingerprint density at radius 1 is 0.317 bits per heavy atom. The number of anilines is 3. The van der Waals surface area contributed by atoms with Crippen LogP contribution in [0.1, 0.15) is 0 Å². The molecular weight excluding hydrogens is 731 g/mol. The molecule has 280 valence electrons. The molecular formula is C55H35N5. The largest absolute Gasteiger partial charge is 0.309 e. The average molecular weight is 766 g/mol. The number of hydrogen-bond acceptors (Lipinski definition) is 4. The third-order valence-corrected chi connectivity index (χ3v) is 11.8. The molecule has 0 saturated heterocycles. The van der Waals surface area contributed by atoms with Crippen LogP contribution in [-0.4, -0.2) is 19.5 Å². The molecule has 0 fully saturated rings. The molecule has 0 bridgehead atoms. The highest BCUT2D eigenvalue weighted by Crippen LogP contribution is 2.50. The van der Waals surface area contributed by atoms with Gasteiger partial charge in [-0.15, -0.1) is 0 Å². The summed E-state index contributed by atoms with van der Waals surface area (Å²) in [5, 5.41) is 4.87. The number of aromatic nitrogens is 4. The van der Waals surface area contributed by atoms with Crippen LogP contribution in [-0.2, 0) is 0 Å². The molecule has 11 aromatic rings. The van der Waals surface area contributed by atoms with Crippen molar-refractivity contribution in [2.45, 2.75) is 0 Å². The van der Waals surface area contributed by atoms with Gasteiger partial charge in [0.1, 0.15) is 0 Å². The molecule has 2 aromatic heterocycles. The molecule has 0 radical (unpaired) electrons. The third-order valence-electron chi connectivity index (χ3n) is 11.8. The van der Waals surface area contributed by atoms with Crippen molar-refractivity contribution in [3.05, 3.63) is 212 Å². The second-order valence-corrected chi connectivity index (χ2v) is 15.2. The molecule has 0 atom stereocenters. The van der Waals surface area contributed by atoms with E-state index in [0.717, 1.165) is 50.3 Å². The lowest BCUT2D eigenvalue weighted by Gasteiger charge is -2.33. The van der Waals surface area contributed by atoms with Crippen LogP contribution in [0.5, 0.6) is 0 Å². The van der Waals surface area contributed by atoms with E-state index in [2.05, 4.69) is 216 Å². The number of fused-ring (bicyclic) bond motifs is 5. The van der Waals surface area contributed by atoms with E-state index < -0.39 is 0 Å². The highest BCUT2D eigenvalue weighted by Gasteiger charge is 2.26. The van der Waals surface area contributed by atoms with E-state index in [-0.39, 0.29) is 0 Å². The van der Waals surface area contributed by atoms with Gasteiger partial charge >= 0.3 is 0 Å². The number of benzene rings is 9. The third kappa shape index (κ3) is 5.52. The molecule has 5 heteroatoms. The zero-order valence-electron chi connectivity index (χ0n) is 32.4. The Bertz CT molecular complexity index is 3400. The lowest BCUT2D eigenvalue weighted by Crippen LogP contribution is -2.14. The maximum atomic E-state index is 5.22. The zero-order valence-corrected chi connectivity index (χ0v) is 32.4. The first-order valence-corrected chi connectivity index (χ1v) is 20.3. The van der Waals surface area contributed by atoms with Crippen LogP contribution in [0.2, 0.25) is 0 Å². The monoisotopic (exact) mass is 765 g/mol. The SMILES string of the molecule is c1ccc(-c2ccc(-c3nc(-c4ccc(N5c6ccccc6-c6cccc7cccc5c67)cc4)nc(-c4ccc5c6ccccc6n(-c6ccccc6)c5c4)n3)cc2)cc1. The molecule has 0 spiro atoms. The van der Waals surface area contributed by atoms with Crippen LogP contribution in [0.3, 0.4) is 0 Å². The molecule has 1 aliphatic rings. The van der Waals surface area contributed by atoms with Gasteiger partial charge in [-0.3, -0.25) is 0 Å². The summed E-state index contributed by atoms with van der Waals surface area (Å²) >= 11 is 0. The summed E-state index contributed by atoms with van der Waals surface area (Å²) < 4.78 is 2.33. The van der Waals surface area contributed by atoms with Gasteiger partial charge in [0.05, 0.1) is 22.4 Å². The van der Waals surface area contributed by atoms with E-state index in [1.54, 1.807) is 0 Å². The molecule has 0 saturated carbocycles. The molecule has 0 amide bonds. The van der Waals surface area contributed by atoms with E-state index in [1.807, 2.05) is 6.07 Å². The van der Waals surface area contributed by atoms with Crippen LogP contribution < -0.4 is 4.90 Å². The molecule has 60 heavy (non-hydrogen) atoms. The molecule has 5 nitrogen and oxygen atoms in total. The Morgan fingerprint density at radius 3 is 1.62 bits per heavy atom. The summed E-state index contributed by atoms with van der Waals surface area (Å²) in [6.45, 7) is 0. The number of hydrogen-bond donors (Lipinski definition) is 0. The van der Waals surface area contributed by atoms with Crippen LogP contribution >= 0.6 is 0 Å². The average Bonchev–Trinajstić information content (AvgIpc) is 3.66. The Kier molecular flexibility index (Phi) is 7.78. The molecule has 12 rings (SSSR count). The zero-order chi connectivity index (χ0) is 39.6. The van der Waals surface area contributed by atoms with Gasteiger partial charge in [0.2, 0.25) is 0 Å². The van der Waals surface area contributed by atoms with Gasteiger partial charge in [-0.25, -0.2) is 15.0 Å². The van der Waals surface area contributed by atoms with Crippen LogP contribution in [0.15, 0.2) is 212 Å². The fourth-order valence-corrected chi connectivity index (χ4v) is 8.97. The molecule has 3 heterocycles. The first-order chi connectivity index (χ1) is 29.7. The molecule has 1 aliphatic heterocycles. The van der Waals surface area contributed by atoms with Crippen molar-refractivity contribution in [1.82, 2.24) is 19.5 Å². The van der Waals surface area contributed by atoms with E-state index in [0.29, 0.717) is 17.5 Å². The Hall–Kier alpha value is -8.15. The Labute approximate surface area is 347 Å². The second-order valence-electron chi connectivity index (χ2n) is 15.2. The summed E-state index contributed by atoms with van der Waals surface area (Å²) in [5.74, 6) is 1.85. The summed E-state index contributed by atoms with van der Waals surface area (Å²) in [6.07, 6.45) is 0. The highest BCUT2D eigenvalue weighted by atomic mass is 15.2. The topological polar surface area (TPSA) is 46.8 Å². The van der Waals surface area contributed by atoms with Gasteiger partial charge in [0.25, 0.3) is 0 Å². The number of nitrogens with zero attached hydrogens (tertiary/aromatic N) is 5. The fraction of sp³-hybridized carbons (Fsp3) is 0. The lowest BCUT2D eigenvalue weighted by molar-refractivity contribution is 1.07. The predicted molar refractivity (Wildman–Crippen MR) is 247 cm³/mol. The van der Waals surface area contributed by atoms with Crippen LogP contribution in [0.4, 0.5) is 17.1 Å². The quantitative estimate of drug-likeness (QED) is 0.169. The van der Waals surface area contributed by atoms with Crippen molar-refractivity contribution in [3.8, 4) is 62.1 Å². The van der Waals surface area contributed by atoms with Gasteiger partial charge in [-0.2, -0.15) is 0 Å². The van der Waals surface area contributed by atoms with E-state index in [9.17, 15) is 0 Å². The second kappa shape index (κ2) is 13.8. The van der Waals surface area contributed by atoms with Gasteiger partial charge in [0, 0.05) is 49.8 Å². The van der Waals surface area contributed by atoms with Crippen molar-refractivity contribution in [2.24, 2.45) is 0 Å². The summed E-state index contributed by atoms with van der Waals surface area (Å²) in [4.78, 5) is 17.9. The van der Waals surface area contributed by atoms with Crippen molar-refractivity contribution in [1.29, 1.82) is 0 Å². The van der Waals surface area contributed by atoms with Gasteiger partial charge < -0.3 is 9.47 Å². The summed E-state index contributed by atoms with van der Waals surface area (Å²) in [6, 6.07) is 75.1. The first kappa shape index (κ1) is 33.9. The van der Waals surface area contributed by atoms with Crippen molar-refractivity contribution >= 4 is 49.6 Å². The minimum Gasteiger partial charge on any atom is -0.309 e. The van der Waals surface area contributed by atoms with E-state index >= 15 is 0 Å². The van der Waals surface area contributed by atoms with E-state index in [4.69, 9.17) is 15.0 Å². The number of para-hydroxylation sites is 3. The van der Waals surface area contributed by atoms with Crippen LogP contribution in [0.25, 0.3) is 94.7 Å². The van der Waals surface area contributed by atoms with Gasteiger partial charge in [-0.05, 0) is 82.7 Å².